The molecule has 190 valence electrons. The summed E-state index contributed by atoms with van der Waals surface area (Å²) in [4.78, 5) is 19.8. The lowest BCUT2D eigenvalue weighted by molar-refractivity contribution is -0.118. The molecule has 0 atom stereocenters. The number of amides is 1. The second kappa shape index (κ2) is 10.5. The fourth-order valence-corrected chi connectivity index (χ4v) is 6.35. The molecule has 2 aromatic heterocycles. The summed E-state index contributed by atoms with van der Waals surface area (Å²) < 4.78 is 41.6. The lowest BCUT2D eigenvalue weighted by Gasteiger charge is -2.20. The molecular weight excluding hydrogens is 499 g/mol. The van der Waals surface area contributed by atoms with Gasteiger partial charge in [-0.05, 0) is 61.7 Å². The summed E-state index contributed by atoms with van der Waals surface area (Å²) in [5.74, 6) is -0.969. The lowest BCUT2D eigenvalue weighted by Crippen LogP contribution is -2.35. The highest BCUT2D eigenvalue weighted by Crippen LogP contribution is 2.34. The number of para-hydroxylation sites is 1. The molecule has 0 aliphatic heterocycles. The third kappa shape index (κ3) is 5.65. The Labute approximate surface area is 214 Å². The van der Waals surface area contributed by atoms with E-state index in [-0.39, 0.29) is 28.9 Å². The molecule has 7 nitrogen and oxygen atoms in total. The molecule has 0 fully saturated rings. The zero-order valence-corrected chi connectivity index (χ0v) is 22.4. The SMILES string of the molecule is Cc1cc(C)n(CCN(C(=O)CCS(=O)(=O)c2ccc(F)cc2)c2nc3c(C(C)C)cccc3s2)n1. The predicted molar refractivity (Wildman–Crippen MR) is 141 cm³/mol. The van der Waals surface area contributed by atoms with Crippen molar-refractivity contribution in [3.8, 4) is 0 Å². The summed E-state index contributed by atoms with van der Waals surface area (Å²) in [6.07, 6.45) is -0.218. The average Bonchev–Trinajstić information content (AvgIpc) is 3.40. The maximum atomic E-state index is 13.4. The standard InChI is InChI=1S/C26H29FN4O3S2/c1-17(2)22-6-5-7-23-25(22)28-26(35-23)30(13-14-31-19(4)16-18(3)29-31)24(32)12-15-36(33,34)21-10-8-20(27)9-11-21/h5-11,16-17H,12-15H2,1-4H3. The summed E-state index contributed by atoms with van der Waals surface area (Å²) in [6, 6.07) is 12.6. The topological polar surface area (TPSA) is 85.2 Å². The smallest absolute Gasteiger partial charge is 0.229 e. The summed E-state index contributed by atoms with van der Waals surface area (Å²) in [5, 5.41) is 5.01. The van der Waals surface area contributed by atoms with Gasteiger partial charge < -0.3 is 0 Å². The van der Waals surface area contributed by atoms with Crippen LogP contribution in [0.25, 0.3) is 10.2 Å². The Morgan fingerprint density at radius 3 is 2.50 bits per heavy atom. The Bertz CT molecular complexity index is 1490. The van der Waals surface area contributed by atoms with E-state index in [0.29, 0.717) is 18.2 Å². The molecule has 0 aliphatic rings. The first-order valence-corrected chi connectivity index (χ1v) is 14.2. The molecule has 0 spiro atoms. The van der Waals surface area contributed by atoms with Crippen LogP contribution >= 0.6 is 11.3 Å². The Morgan fingerprint density at radius 1 is 1.14 bits per heavy atom. The van der Waals surface area contributed by atoms with Crippen LogP contribution in [0.5, 0.6) is 0 Å². The highest BCUT2D eigenvalue weighted by molar-refractivity contribution is 7.91. The molecule has 4 aromatic rings. The quantitative estimate of drug-likeness (QED) is 0.276. The second-order valence-electron chi connectivity index (χ2n) is 9.06. The molecule has 4 rings (SSSR count). The van der Waals surface area contributed by atoms with E-state index in [4.69, 9.17) is 4.98 Å². The van der Waals surface area contributed by atoms with Gasteiger partial charge in [0.2, 0.25) is 5.91 Å². The summed E-state index contributed by atoms with van der Waals surface area (Å²) in [7, 11) is -3.75. The molecular formula is C26H29FN4O3S2. The second-order valence-corrected chi connectivity index (χ2v) is 12.2. The summed E-state index contributed by atoms with van der Waals surface area (Å²) in [5.41, 5.74) is 3.82. The van der Waals surface area contributed by atoms with Crippen molar-refractivity contribution < 1.29 is 17.6 Å². The van der Waals surface area contributed by atoms with Crippen molar-refractivity contribution >= 4 is 42.4 Å². The van der Waals surface area contributed by atoms with Crippen LogP contribution in [0.2, 0.25) is 0 Å². The van der Waals surface area contributed by atoms with E-state index < -0.39 is 15.7 Å². The fourth-order valence-electron chi connectivity index (χ4n) is 4.08. The summed E-state index contributed by atoms with van der Waals surface area (Å²) >= 11 is 1.41. The van der Waals surface area contributed by atoms with Crippen molar-refractivity contribution in [1.82, 2.24) is 14.8 Å². The number of aryl methyl sites for hydroxylation is 2. The first kappa shape index (κ1) is 26.0. The molecule has 0 unspecified atom stereocenters. The zero-order valence-electron chi connectivity index (χ0n) is 20.7. The van der Waals surface area contributed by atoms with E-state index >= 15 is 0 Å². The minimum absolute atomic E-state index is 0.00699. The number of fused-ring (bicyclic) bond motifs is 1. The Kier molecular flexibility index (Phi) is 7.56. The molecule has 0 bridgehead atoms. The first-order valence-electron chi connectivity index (χ1n) is 11.7. The number of rotatable bonds is 9. The number of aromatic nitrogens is 3. The third-order valence-electron chi connectivity index (χ3n) is 5.99. The lowest BCUT2D eigenvalue weighted by atomic mass is 10.0. The van der Waals surface area contributed by atoms with Gasteiger partial charge in [-0.3, -0.25) is 14.4 Å². The van der Waals surface area contributed by atoms with Crippen molar-refractivity contribution in [3.63, 3.8) is 0 Å². The Hall–Kier alpha value is -3.11. The van der Waals surface area contributed by atoms with Gasteiger partial charge in [0, 0.05) is 18.7 Å². The van der Waals surface area contributed by atoms with Crippen LogP contribution < -0.4 is 4.90 Å². The number of carbonyl (C=O) groups excluding carboxylic acids is 1. The van der Waals surface area contributed by atoms with Gasteiger partial charge in [-0.2, -0.15) is 5.10 Å². The molecule has 0 N–H and O–H groups in total. The van der Waals surface area contributed by atoms with E-state index in [9.17, 15) is 17.6 Å². The van der Waals surface area contributed by atoms with Gasteiger partial charge in [0.25, 0.3) is 0 Å². The first-order chi connectivity index (χ1) is 17.0. The minimum Gasteiger partial charge on any atom is -0.286 e. The number of benzene rings is 2. The highest BCUT2D eigenvalue weighted by Gasteiger charge is 2.24. The van der Waals surface area contributed by atoms with E-state index in [0.717, 1.165) is 39.3 Å². The largest absolute Gasteiger partial charge is 0.286 e. The Morgan fingerprint density at radius 2 is 1.86 bits per heavy atom. The molecule has 2 heterocycles. The number of carbonyl (C=O) groups is 1. The number of hydrogen-bond donors (Lipinski definition) is 0. The number of sulfone groups is 1. The molecule has 1 amide bonds. The van der Waals surface area contributed by atoms with E-state index in [1.165, 1.54) is 23.5 Å². The highest BCUT2D eigenvalue weighted by atomic mass is 32.2. The van der Waals surface area contributed by atoms with Crippen LogP contribution in [0, 0.1) is 19.7 Å². The Balaban J connectivity index is 1.61. The molecule has 0 saturated carbocycles. The van der Waals surface area contributed by atoms with E-state index in [2.05, 4.69) is 18.9 Å². The number of halogens is 1. The minimum atomic E-state index is -3.75. The number of thiazole rings is 1. The van der Waals surface area contributed by atoms with Crippen LogP contribution in [-0.4, -0.2) is 41.4 Å². The van der Waals surface area contributed by atoms with Gasteiger partial charge in [0.15, 0.2) is 15.0 Å². The molecule has 10 heteroatoms. The predicted octanol–water partition coefficient (Wildman–Crippen LogP) is 5.27. The normalized spacial score (nSPS) is 11.9. The zero-order chi connectivity index (χ0) is 26.0. The fraction of sp³-hybridized carbons (Fsp3) is 0.346. The molecule has 36 heavy (non-hydrogen) atoms. The third-order valence-corrected chi connectivity index (χ3v) is 8.76. The van der Waals surface area contributed by atoms with Gasteiger partial charge >= 0.3 is 0 Å². The number of hydrogen-bond acceptors (Lipinski definition) is 6. The van der Waals surface area contributed by atoms with Gasteiger partial charge in [-0.25, -0.2) is 17.8 Å². The van der Waals surface area contributed by atoms with Crippen molar-refractivity contribution in [3.05, 3.63) is 71.3 Å². The maximum Gasteiger partial charge on any atom is 0.229 e. The van der Waals surface area contributed by atoms with Gasteiger partial charge in [0.05, 0.1) is 33.1 Å². The van der Waals surface area contributed by atoms with E-state index in [1.54, 1.807) is 4.90 Å². The van der Waals surface area contributed by atoms with Crippen LogP contribution in [0.4, 0.5) is 9.52 Å². The number of anilines is 1. The average molecular weight is 529 g/mol. The van der Waals surface area contributed by atoms with Crippen LogP contribution in [-0.2, 0) is 21.2 Å². The van der Waals surface area contributed by atoms with Gasteiger partial charge in [-0.1, -0.05) is 37.3 Å². The molecule has 2 aromatic carbocycles. The van der Waals surface area contributed by atoms with Gasteiger partial charge in [0.1, 0.15) is 5.82 Å². The van der Waals surface area contributed by atoms with Crippen LogP contribution in [0.1, 0.15) is 43.1 Å². The molecule has 0 radical (unpaired) electrons. The maximum absolute atomic E-state index is 13.4. The number of nitrogens with zero attached hydrogens (tertiary/aromatic N) is 4. The molecule has 0 saturated heterocycles. The van der Waals surface area contributed by atoms with Crippen molar-refractivity contribution in [2.24, 2.45) is 0 Å². The monoisotopic (exact) mass is 528 g/mol. The molecule has 0 aliphatic carbocycles. The van der Waals surface area contributed by atoms with Crippen molar-refractivity contribution in [1.29, 1.82) is 0 Å². The summed E-state index contributed by atoms with van der Waals surface area (Å²) in [6.45, 7) is 8.80. The van der Waals surface area contributed by atoms with Crippen LogP contribution in [0.3, 0.4) is 0 Å². The van der Waals surface area contributed by atoms with Crippen molar-refractivity contribution in [2.75, 3.05) is 17.2 Å². The van der Waals surface area contributed by atoms with Gasteiger partial charge in [-0.15, -0.1) is 0 Å². The van der Waals surface area contributed by atoms with Crippen LogP contribution in [0.15, 0.2) is 53.4 Å². The van der Waals surface area contributed by atoms with Crippen molar-refractivity contribution in [2.45, 2.75) is 51.5 Å². The van der Waals surface area contributed by atoms with E-state index in [1.807, 2.05) is 42.8 Å².